The van der Waals surface area contributed by atoms with E-state index in [1.165, 1.54) is 12.8 Å². The molecule has 2 rings (SSSR count). The topological polar surface area (TPSA) is 34.1 Å². The molecule has 0 bridgehead atoms. The van der Waals surface area contributed by atoms with Crippen LogP contribution in [0.1, 0.15) is 18.4 Å². The molecule has 0 aromatic carbocycles. The third kappa shape index (κ3) is 3.19. The fourth-order valence-electron chi connectivity index (χ4n) is 1.84. The Labute approximate surface area is 105 Å². The second kappa shape index (κ2) is 5.64. The molecule has 0 unspecified atom stereocenters. The van der Waals surface area contributed by atoms with Crippen molar-refractivity contribution in [1.29, 1.82) is 0 Å². The number of hydrogen-bond donors (Lipinski definition) is 1. The number of ether oxygens (including phenoxy) is 1. The zero-order valence-corrected chi connectivity index (χ0v) is 11.1. The van der Waals surface area contributed by atoms with Gasteiger partial charge in [-0.1, -0.05) is 0 Å². The molecule has 0 amide bonds. The first-order chi connectivity index (χ1) is 7.75. The van der Waals surface area contributed by atoms with E-state index in [-0.39, 0.29) is 0 Å². The van der Waals surface area contributed by atoms with Crippen LogP contribution >= 0.6 is 15.9 Å². The van der Waals surface area contributed by atoms with Crippen LogP contribution in [0.5, 0.6) is 5.88 Å². The first-order valence-corrected chi connectivity index (χ1v) is 6.50. The Morgan fingerprint density at radius 2 is 2.25 bits per heavy atom. The van der Waals surface area contributed by atoms with E-state index in [1.54, 1.807) is 6.20 Å². The summed E-state index contributed by atoms with van der Waals surface area (Å²) in [4.78, 5) is 4.24. The summed E-state index contributed by atoms with van der Waals surface area (Å²) in [5, 5.41) is 3.35. The Morgan fingerprint density at radius 1 is 1.50 bits per heavy atom. The molecule has 3 nitrogen and oxygen atoms in total. The van der Waals surface area contributed by atoms with Gasteiger partial charge in [0, 0.05) is 16.7 Å². The van der Waals surface area contributed by atoms with Gasteiger partial charge in [0.05, 0.1) is 6.61 Å². The average molecular weight is 285 g/mol. The van der Waals surface area contributed by atoms with Crippen molar-refractivity contribution >= 4 is 15.9 Å². The number of hydrogen-bond acceptors (Lipinski definition) is 3. The standard InChI is InChI=1S/C12H17BrN2O/c1-9-6-12(15-7-11(9)13)16-8-10-2-4-14-5-3-10/h6-7,10,14H,2-5,8H2,1H3. The minimum Gasteiger partial charge on any atom is -0.477 e. The molecule has 4 heteroatoms. The Morgan fingerprint density at radius 3 is 2.94 bits per heavy atom. The number of halogens is 1. The van der Waals surface area contributed by atoms with E-state index in [2.05, 4.69) is 26.2 Å². The molecule has 2 heterocycles. The molecule has 0 atom stereocenters. The van der Waals surface area contributed by atoms with Crippen molar-refractivity contribution in [2.45, 2.75) is 19.8 Å². The molecule has 1 fully saturated rings. The third-order valence-electron chi connectivity index (χ3n) is 2.95. The van der Waals surface area contributed by atoms with Crippen LogP contribution in [-0.2, 0) is 0 Å². The predicted molar refractivity (Wildman–Crippen MR) is 67.8 cm³/mol. The van der Waals surface area contributed by atoms with Gasteiger partial charge in [-0.05, 0) is 60.3 Å². The molecule has 1 aliphatic rings. The molecule has 1 aromatic heterocycles. The van der Waals surface area contributed by atoms with Gasteiger partial charge in [0.25, 0.3) is 0 Å². The van der Waals surface area contributed by atoms with Crippen LogP contribution in [0.3, 0.4) is 0 Å². The lowest BCUT2D eigenvalue weighted by Crippen LogP contribution is -2.30. The quantitative estimate of drug-likeness (QED) is 0.926. The maximum atomic E-state index is 5.72. The highest BCUT2D eigenvalue weighted by Gasteiger charge is 2.13. The van der Waals surface area contributed by atoms with Gasteiger partial charge in [-0.3, -0.25) is 0 Å². The van der Waals surface area contributed by atoms with Gasteiger partial charge in [0.2, 0.25) is 5.88 Å². The fourth-order valence-corrected chi connectivity index (χ4v) is 2.06. The summed E-state index contributed by atoms with van der Waals surface area (Å²) in [7, 11) is 0. The second-order valence-electron chi connectivity index (χ2n) is 4.28. The van der Waals surface area contributed by atoms with Crippen LogP contribution in [0.25, 0.3) is 0 Å². The summed E-state index contributed by atoms with van der Waals surface area (Å²) < 4.78 is 6.75. The lowest BCUT2D eigenvalue weighted by molar-refractivity contribution is 0.209. The van der Waals surface area contributed by atoms with Crippen molar-refractivity contribution in [2.24, 2.45) is 5.92 Å². The number of pyridine rings is 1. The molecule has 88 valence electrons. The SMILES string of the molecule is Cc1cc(OCC2CCNCC2)ncc1Br. The third-order valence-corrected chi connectivity index (χ3v) is 3.78. The Balaban J connectivity index is 1.86. The van der Waals surface area contributed by atoms with Gasteiger partial charge in [0.1, 0.15) is 0 Å². The molecule has 0 radical (unpaired) electrons. The summed E-state index contributed by atoms with van der Waals surface area (Å²) >= 11 is 3.43. The van der Waals surface area contributed by atoms with Gasteiger partial charge in [0.15, 0.2) is 0 Å². The molecule has 1 aromatic rings. The van der Waals surface area contributed by atoms with Crippen LogP contribution in [0.4, 0.5) is 0 Å². The Bertz CT molecular complexity index is 351. The summed E-state index contributed by atoms with van der Waals surface area (Å²) in [6.45, 7) is 5.06. The summed E-state index contributed by atoms with van der Waals surface area (Å²) in [6.07, 6.45) is 4.21. The zero-order chi connectivity index (χ0) is 11.4. The summed E-state index contributed by atoms with van der Waals surface area (Å²) in [5.74, 6) is 1.41. The van der Waals surface area contributed by atoms with E-state index in [4.69, 9.17) is 4.74 Å². The van der Waals surface area contributed by atoms with Crippen molar-refractivity contribution in [3.05, 3.63) is 22.3 Å². The number of rotatable bonds is 3. The molecular weight excluding hydrogens is 268 g/mol. The molecule has 0 saturated carbocycles. The number of nitrogens with one attached hydrogen (secondary N) is 1. The molecule has 1 aliphatic heterocycles. The predicted octanol–water partition coefficient (Wildman–Crippen LogP) is 2.53. The van der Waals surface area contributed by atoms with Gasteiger partial charge in [-0.25, -0.2) is 4.98 Å². The second-order valence-corrected chi connectivity index (χ2v) is 5.13. The molecule has 1 saturated heterocycles. The lowest BCUT2D eigenvalue weighted by Gasteiger charge is -2.22. The summed E-state index contributed by atoms with van der Waals surface area (Å²) in [5.41, 5.74) is 1.16. The largest absolute Gasteiger partial charge is 0.477 e. The minimum absolute atomic E-state index is 0.673. The zero-order valence-electron chi connectivity index (χ0n) is 9.50. The van der Waals surface area contributed by atoms with E-state index < -0.39 is 0 Å². The van der Waals surface area contributed by atoms with Gasteiger partial charge >= 0.3 is 0 Å². The monoisotopic (exact) mass is 284 g/mol. The number of piperidine rings is 1. The average Bonchev–Trinajstić information content (AvgIpc) is 2.32. The van der Waals surface area contributed by atoms with Crippen molar-refractivity contribution < 1.29 is 4.74 Å². The maximum absolute atomic E-state index is 5.72. The van der Waals surface area contributed by atoms with Crippen LogP contribution in [-0.4, -0.2) is 24.7 Å². The first-order valence-electron chi connectivity index (χ1n) is 5.71. The highest BCUT2D eigenvalue weighted by molar-refractivity contribution is 9.10. The highest BCUT2D eigenvalue weighted by Crippen LogP contribution is 2.20. The lowest BCUT2D eigenvalue weighted by atomic mass is 9.99. The van der Waals surface area contributed by atoms with Crippen molar-refractivity contribution in [2.75, 3.05) is 19.7 Å². The van der Waals surface area contributed by atoms with Crippen molar-refractivity contribution in [1.82, 2.24) is 10.3 Å². The van der Waals surface area contributed by atoms with E-state index in [9.17, 15) is 0 Å². The first kappa shape index (κ1) is 11.9. The van der Waals surface area contributed by atoms with Crippen molar-refractivity contribution in [3.8, 4) is 5.88 Å². The van der Waals surface area contributed by atoms with Crippen LogP contribution in [0, 0.1) is 12.8 Å². The Hall–Kier alpha value is -0.610. The van der Waals surface area contributed by atoms with Crippen molar-refractivity contribution in [3.63, 3.8) is 0 Å². The number of nitrogens with zero attached hydrogens (tertiary/aromatic N) is 1. The van der Waals surface area contributed by atoms with E-state index in [0.29, 0.717) is 5.92 Å². The molecule has 1 N–H and O–H groups in total. The fraction of sp³-hybridized carbons (Fsp3) is 0.583. The van der Waals surface area contributed by atoms with Crippen LogP contribution < -0.4 is 10.1 Å². The van der Waals surface area contributed by atoms with Crippen LogP contribution in [0.2, 0.25) is 0 Å². The molecule has 16 heavy (non-hydrogen) atoms. The maximum Gasteiger partial charge on any atom is 0.213 e. The smallest absolute Gasteiger partial charge is 0.213 e. The molecule has 0 aliphatic carbocycles. The van der Waals surface area contributed by atoms with Gasteiger partial charge < -0.3 is 10.1 Å². The Kier molecular flexibility index (Phi) is 4.18. The van der Waals surface area contributed by atoms with Gasteiger partial charge in [-0.2, -0.15) is 0 Å². The van der Waals surface area contributed by atoms with Gasteiger partial charge in [-0.15, -0.1) is 0 Å². The number of aryl methyl sites for hydroxylation is 1. The summed E-state index contributed by atoms with van der Waals surface area (Å²) in [6, 6.07) is 1.98. The normalized spacial score (nSPS) is 17.4. The highest BCUT2D eigenvalue weighted by atomic mass is 79.9. The van der Waals surface area contributed by atoms with E-state index in [0.717, 1.165) is 35.6 Å². The van der Waals surface area contributed by atoms with Crippen LogP contribution in [0.15, 0.2) is 16.7 Å². The number of aromatic nitrogens is 1. The van der Waals surface area contributed by atoms with E-state index >= 15 is 0 Å². The minimum atomic E-state index is 0.673. The molecule has 0 spiro atoms. The van der Waals surface area contributed by atoms with E-state index in [1.807, 2.05) is 13.0 Å². The molecular formula is C12H17BrN2O.